The van der Waals surface area contributed by atoms with Crippen molar-refractivity contribution in [2.75, 3.05) is 25.1 Å². The highest BCUT2D eigenvalue weighted by Crippen LogP contribution is 2.36. The van der Waals surface area contributed by atoms with Crippen molar-refractivity contribution in [1.82, 2.24) is 15.1 Å². The van der Waals surface area contributed by atoms with Crippen molar-refractivity contribution in [1.29, 1.82) is 0 Å². The van der Waals surface area contributed by atoms with Gasteiger partial charge in [-0.05, 0) is 66.8 Å². The van der Waals surface area contributed by atoms with Crippen LogP contribution in [-0.2, 0) is 11.3 Å². The number of nitrogens with one attached hydrogen (secondary N) is 1. The number of anilines is 1. The van der Waals surface area contributed by atoms with Gasteiger partial charge in [0.25, 0.3) is 5.91 Å². The molecule has 1 N–H and O–H groups in total. The molecule has 2 heterocycles. The van der Waals surface area contributed by atoms with E-state index in [4.69, 9.17) is 4.74 Å². The molecule has 3 aromatic carbocycles. The standard InChI is InChI=1S/C33H34N4O4/c1-22-8-4-13-30(23(22)2)41-17-7-14-31(39)37-16-15-29(38)32-27(11-6-12-28(32)37)26-19-35-36(21-26)20-24-9-5-10-25(18-24)33(40)34-3/h4-6,8-13,18-19,21H,7,14-17,20H2,1-3H3,(H,34,40). The number of fused-ring (bicyclic) bond motifs is 1. The van der Waals surface area contributed by atoms with Crippen molar-refractivity contribution >= 4 is 23.3 Å². The van der Waals surface area contributed by atoms with Crippen LogP contribution in [-0.4, -0.2) is 47.6 Å². The molecular weight excluding hydrogens is 516 g/mol. The fourth-order valence-corrected chi connectivity index (χ4v) is 5.17. The van der Waals surface area contributed by atoms with E-state index in [1.54, 1.807) is 28.9 Å². The van der Waals surface area contributed by atoms with Gasteiger partial charge < -0.3 is 15.0 Å². The van der Waals surface area contributed by atoms with E-state index in [-0.39, 0.29) is 24.0 Å². The molecule has 0 radical (unpaired) electrons. The van der Waals surface area contributed by atoms with Crippen molar-refractivity contribution in [3.8, 4) is 16.9 Å². The summed E-state index contributed by atoms with van der Waals surface area (Å²) in [5, 5.41) is 7.15. The maximum Gasteiger partial charge on any atom is 0.251 e. The van der Waals surface area contributed by atoms with Crippen LogP contribution in [0, 0.1) is 13.8 Å². The molecule has 8 heteroatoms. The van der Waals surface area contributed by atoms with Gasteiger partial charge in [-0.1, -0.05) is 36.4 Å². The normalized spacial score (nSPS) is 12.7. The van der Waals surface area contributed by atoms with Crippen LogP contribution < -0.4 is 15.0 Å². The summed E-state index contributed by atoms with van der Waals surface area (Å²) in [4.78, 5) is 40.1. The molecule has 0 saturated carbocycles. The van der Waals surface area contributed by atoms with Crippen molar-refractivity contribution in [3.05, 3.63) is 101 Å². The van der Waals surface area contributed by atoms with Gasteiger partial charge in [-0.3, -0.25) is 19.1 Å². The Morgan fingerprint density at radius 3 is 2.68 bits per heavy atom. The minimum atomic E-state index is -0.143. The molecule has 41 heavy (non-hydrogen) atoms. The number of carbonyl (C=O) groups excluding carboxylic acids is 3. The zero-order valence-electron chi connectivity index (χ0n) is 23.6. The third-order valence-electron chi connectivity index (χ3n) is 7.53. The Kier molecular flexibility index (Phi) is 8.29. The summed E-state index contributed by atoms with van der Waals surface area (Å²) in [6.07, 6.45) is 4.81. The van der Waals surface area contributed by atoms with Gasteiger partial charge in [0.1, 0.15) is 5.75 Å². The molecule has 0 spiro atoms. The van der Waals surface area contributed by atoms with Crippen LogP contribution in [0.15, 0.2) is 73.1 Å². The summed E-state index contributed by atoms with van der Waals surface area (Å²) in [6.45, 7) is 5.37. The Balaban J connectivity index is 1.29. The number of benzene rings is 3. The Bertz CT molecular complexity index is 1610. The highest BCUT2D eigenvalue weighted by Gasteiger charge is 2.29. The molecular formula is C33H34N4O4. The van der Waals surface area contributed by atoms with Crippen LogP contribution in [0.3, 0.4) is 0 Å². The first-order valence-corrected chi connectivity index (χ1v) is 13.8. The Hall–Kier alpha value is -4.72. The zero-order chi connectivity index (χ0) is 28.9. The quantitative estimate of drug-likeness (QED) is 0.284. The molecule has 2 amide bonds. The van der Waals surface area contributed by atoms with E-state index in [0.717, 1.165) is 28.0 Å². The second-order valence-electron chi connectivity index (χ2n) is 10.3. The maximum atomic E-state index is 13.3. The molecule has 8 nitrogen and oxygen atoms in total. The largest absolute Gasteiger partial charge is 0.493 e. The summed E-state index contributed by atoms with van der Waals surface area (Å²) in [5.41, 5.74) is 6.56. The first-order valence-electron chi connectivity index (χ1n) is 13.8. The number of ether oxygens (including phenoxy) is 1. The van der Waals surface area contributed by atoms with Crippen LogP contribution in [0.4, 0.5) is 5.69 Å². The van der Waals surface area contributed by atoms with Gasteiger partial charge in [-0.15, -0.1) is 0 Å². The molecule has 1 aromatic heterocycles. The number of rotatable bonds is 9. The summed E-state index contributed by atoms with van der Waals surface area (Å²) >= 11 is 0. The molecule has 0 aliphatic carbocycles. The van der Waals surface area contributed by atoms with Crippen molar-refractivity contribution in [2.24, 2.45) is 0 Å². The van der Waals surface area contributed by atoms with Crippen molar-refractivity contribution in [3.63, 3.8) is 0 Å². The molecule has 0 unspecified atom stereocenters. The van der Waals surface area contributed by atoms with Gasteiger partial charge >= 0.3 is 0 Å². The van der Waals surface area contributed by atoms with E-state index in [1.165, 1.54) is 5.56 Å². The van der Waals surface area contributed by atoms with Crippen LogP contribution >= 0.6 is 0 Å². The fourth-order valence-electron chi connectivity index (χ4n) is 5.17. The van der Waals surface area contributed by atoms with E-state index in [9.17, 15) is 14.4 Å². The number of carbonyl (C=O) groups is 3. The van der Waals surface area contributed by atoms with E-state index >= 15 is 0 Å². The van der Waals surface area contributed by atoms with E-state index in [2.05, 4.69) is 10.4 Å². The third kappa shape index (κ3) is 6.06. The Morgan fingerprint density at radius 2 is 1.85 bits per heavy atom. The second-order valence-corrected chi connectivity index (χ2v) is 10.3. The molecule has 0 bridgehead atoms. The van der Waals surface area contributed by atoms with Gasteiger partial charge in [0.05, 0.1) is 25.0 Å². The number of amides is 2. The molecule has 0 saturated heterocycles. The number of aromatic nitrogens is 2. The van der Waals surface area contributed by atoms with Crippen molar-refractivity contribution in [2.45, 2.75) is 39.7 Å². The van der Waals surface area contributed by atoms with E-state index in [1.807, 2.05) is 74.6 Å². The number of Topliss-reactive ketones (excluding diaryl/α,β-unsaturated/α-hetero) is 1. The molecule has 1 aliphatic rings. The summed E-state index contributed by atoms with van der Waals surface area (Å²) < 4.78 is 7.72. The zero-order valence-corrected chi connectivity index (χ0v) is 23.6. The smallest absolute Gasteiger partial charge is 0.251 e. The minimum Gasteiger partial charge on any atom is -0.493 e. The lowest BCUT2D eigenvalue weighted by Gasteiger charge is -2.30. The molecule has 0 fully saturated rings. The van der Waals surface area contributed by atoms with E-state index in [0.29, 0.717) is 49.4 Å². The summed E-state index contributed by atoms with van der Waals surface area (Å²) in [5.74, 6) is 0.697. The highest BCUT2D eigenvalue weighted by atomic mass is 16.5. The topological polar surface area (TPSA) is 93.5 Å². The number of aryl methyl sites for hydroxylation is 1. The molecule has 210 valence electrons. The number of nitrogens with zero attached hydrogens (tertiary/aromatic N) is 3. The molecule has 1 aliphatic heterocycles. The molecule has 5 rings (SSSR count). The van der Waals surface area contributed by atoms with Crippen LogP contribution in [0.25, 0.3) is 11.1 Å². The minimum absolute atomic E-state index is 0.0175. The maximum absolute atomic E-state index is 13.3. The number of hydrogen-bond acceptors (Lipinski definition) is 5. The van der Waals surface area contributed by atoms with Crippen molar-refractivity contribution < 1.29 is 19.1 Å². The van der Waals surface area contributed by atoms with Gasteiger partial charge in [-0.2, -0.15) is 5.10 Å². The van der Waals surface area contributed by atoms with Gasteiger partial charge in [0.2, 0.25) is 5.91 Å². The van der Waals surface area contributed by atoms with Gasteiger partial charge in [0.15, 0.2) is 5.78 Å². The Labute approximate surface area is 239 Å². The predicted octanol–water partition coefficient (Wildman–Crippen LogP) is 5.35. The van der Waals surface area contributed by atoms with Gasteiger partial charge in [-0.25, -0.2) is 0 Å². The average Bonchev–Trinajstić information content (AvgIpc) is 3.45. The monoisotopic (exact) mass is 550 g/mol. The van der Waals surface area contributed by atoms with Crippen LogP contribution in [0.5, 0.6) is 5.75 Å². The highest BCUT2D eigenvalue weighted by molar-refractivity contribution is 6.12. The van der Waals surface area contributed by atoms with Crippen LogP contribution in [0.2, 0.25) is 0 Å². The average molecular weight is 551 g/mol. The predicted molar refractivity (Wildman–Crippen MR) is 159 cm³/mol. The number of hydrogen-bond donors (Lipinski definition) is 1. The first kappa shape index (κ1) is 27.8. The van der Waals surface area contributed by atoms with E-state index < -0.39 is 0 Å². The summed E-state index contributed by atoms with van der Waals surface area (Å²) in [6, 6.07) is 19.0. The second kappa shape index (κ2) is 12.2. The first-order chi connectivity index (χ1) is 19.9. The van der Waals surface area contributed by atoms with Gasteiger partial charge in [0, 0.05) is 49.3 Å². The SMILES string of the molecule is CNC(=O)c1cccc(Cn2cc(-c3cccc4c3C(=O)CCN4C(=O)CCCOc3cccc(C)c3C)cn2)c1. The summed E-state index contributed by atoms with van der Waals surface area (Å²) in [7, 11) is 1.60. The lowest BCUT2D eigenvalue weighted by molar-refractivity contribution is -0.118. The molecule has 4 aromatic rings. The fraction of sp³-hybridized carbons (Fsp3) is 0.273. The Morgan fingerprint density at radius 1 is 1.05 bits per heavy atom. The van der Waals surface area contributed by atoms with Crippen LogP contribution in [0.1, 0.15) is 56.7 Å². The molecule has 0 atom stereocenters. The lowest BCUT2D eigenvalue weighted by Crippen LogP contribution is -2.37. The number of ketones is 1. The third-order valence-corrected chi connectivity index (χ3v) is 7.53. The lowest BCUT2D eigenvalue weighted by atomic mass is 9.92.